The number of nitrogens with one attached hydrogen (secondary N) is 1. The fraction of sp³-hybridized carbons (Fsp3) is 0.500. The van der Waals surface area contributed by atoms with E-state index in [-0.39, 0.29) is 0 Å². The Morgan fingerprint density at radius 2 is 1.84 bits per heavy atom. The largest absolute Gasteiger partial charge is 0.379 e. The van der Waals surface area contributed by atoms with Crippen molar-refractivity contribution in [2.45, 2.75) is 32.8 Å². The average molecular weight is 261 g/mol. The second kappa shape index (κ2) is 7.97. The zero-order chi connectivity index (χ0) is 13.3. The number of unbranched alkanes of at least 4 members (excludes halogenated alkanes) is 2. The number of benzene rings is 1. The van der Waals surface area contributed by atoms with E-state index in [2.05, 4.69) is 30.1 Å². The van der Waals surface area contributed by atoms with Crippen LogP contribution in [0.5, 0.6) is 0 Å². The standard InChI is InChI=1S/C16H23NO2/c1-2-3-6-9-18-10-11-19-13-14-12-17-16-8-5-4-7-15(14)16/h4-5,7-8,12,17H,2-3,6,9-11,13H2,1H3. The van der Waals surface area contributed by atoms with Crippen LogP contribution in [0.25, 0.3) is 10.9 Å². The number of aromatic amines is 1. The van der Waals surface area contributed by atoms with Gasteiger partial charge in [0.1, 0.15) is 0 Å². The van der Waals surface area contributed by atoms with E-state index < -0.39 is 0 Å². The average Bonchev–Trinajstić information content (AvgIpc) is 2.85. The van der Waals surface area contributed by atoms with Crippen LogP contribution in [0.4, 0.5) is 0 Å². The van der Waals surface area contributed by atoms with E-state index in [0.29, 0.717) is 19.8 Å². The van der Waals surface area contributed by atoms with Gasteiger partial charge in [0.15, 0.2) is 0 Å². The molecule has 0 spiro atoms. The van der Waals surface area contributed by atoms with Gasteiger partial charge in [0.2, 0.25) is 0 Å². The van der Waals surface area contributed by atoms with Crippen molar-refractivity contribution in [3.63, 3.8) is 0 Å². The minimum Gasteiger partial charge on any atom is -0.379 e. The Kier molecular flexibility index (Phi) is 5.92. The Labute approximate surface area is 114 Å². The monoisotopic (exact) mass is 261 g/mol. The lowest BCUT2D eigenvalue weighted by atomic mass is 10.2. The Morgan fingerprint density at radius 1 is 1.00 bits per heavy atom. The molecule has 1 aromatic heterocycles. The van der Waals surface area contributed by atoms with Crippen LogP contribution in [0.1, 0.15) is 31.7 Å². The predicted molar refractivity (Wildman–Crippen MR) is 78.3 cm³/mol. The molecule has 0 amide bonds. The minimum atomic E-state index is 0.641. The highest BCUT2D eigenvalue weighted by atomic mass is 16.5. The van der Waals surface area contributed by atoms with Crippen LogP contribution in [-0.2, 0) is 16.1 Å². The second-order valence-corrected chi connectivity index (χ2v) is 4.73. The number of fused-ring (bicyclic) bond motifs is 1. The summed E-state index contributed by atoms with van der Waals surface area (Å²) in [6, 6.07) is 8.28. The first kappa shape index (κ1) is 14.1. The van der Waals surface area contributed by atoms with Gasteiger partial charge in [0.25, 0.3) is 0 Å². The van der Waals surface area contributed by atoms with Crippen LogP contribution in [0.3, 0.4) is 0 Å². The summed E-state index contributed by atoms with van der Waals surface area (Å²) in [7, 11) is 0. The van der Waals surface area contributed by atoms with Crippen molar-refractivity contribution in [2.24, 2.45) is 0 Å². The van der Waals surface area contributed by atoms with Gasteiger partial charge in [-0.3, -0.25) is 0 Å². The first-order valence-corrected chi connectivity index (χ1v) is 7.12. The zero-order valence-corrected chi connectivity index (χ0v) is 11.7. The molecule has 0 fully saturated rings. The van der Waals surface area contributed by atoms with Gasteiger partial charge in [-0.1, -0.05) is 38.0 Å². The highest BCUT2D eigenvalue weighted by molar-refractivity contribution is 5.82. The normalized spacial score (nSPS) is 11.2. The van der Waals surface area contributed by atoms with Gasteiger partial charge in [0.05, 0.1) is 19.8 Å². The van der Waals surface area contributed by atoms with Crippen LogP contribution < -0.4 is 0 Å². The summed E-state index contributed by atoms with van der Waals surface area (Å²) in [5.41, 5.74) is 2.37. The lowest BCUT2D eigenvalue weighted by molar-refractivity contribution is 0.0397. The first-order chi connectivity index (χ1) is 9.42. The van der Waals surface area contributed by atoms with Gasteiger partial charge in [-0.15, -0.1) is 0 Å². The molecule has 0 atom stereocenters. The van der Waals surface area contributed by atoms with Crippen LogP contribution in [0, 0.1) is 0 Å². The van der Waals surface area contributed by atoms with Gasteiger partial charge in [0, 0.05) is 29.3 Å². The van der Waals surface area contributed by atoms with Crippen molar-refractivity contribution >= 4 is 10.9 Å². The summed E-state index contributed by atoms with van der Waals surface area (Å²) in [5.74, 6) is 0. The van der Waals surface area contributed by atoms with Crippen LogP contribution in [0.15, 0.2) is 30.5 Å². The Bertz CT molecular complexity index is 478. The van der Waals surface area contributed by atoms with Crippen LogP contribution in [0.2, 0.25) is 0 Å². The summed E-state index contributed by atoms with van der Waals surface area (Å²) in [5, 5.41) is 1.24. The molecule has 3 heteroatoms. The molecule has 2 aromatic rings. The van der Waals surface area contributed by atoms with E-state index in [1.165, 1.54) is 23.8 Å². The van der Waals surface area contributed by atoms with Gasteiger partial charge < -0.3 is 14.5 Å². The highest BCUT2D eigenvalue weighted by Gasteiger charge is 2.02. The van der Waals surface area contributed by atoms with Gasteiger partial charge in [-0.05, 0) is 12.5 Å². The number of rotatable bonds is 9. The molecule has 0 radical (unpaired) electrons. The third-order valence-electron chi connectivity index (χ3n) is 3.20. The van der Waals surface area contributed by atoms with E-state index in [4.69, 9.17) is 9.47 Å². The molecule has 104 valence electrons. The molecule has 3 nitrogen and oxygen atoms in total. The molecule has 0 aliphatic rings. The van der Waals surface area contributed by atoms with Crippen molar-refractivity contribution in [2.75, 3.05) is 19.8 Å². The number of H-pyrrole nitrogens is 1. The summed E-state index contributed by atoms with van der Waals surface area (Å²) < 4.78 is 11.2. The number of hydrogen-bond acceptors (Lipinski definition) is 2. The summed E-state index contributed by atoms with van der Waals surface area (Å²) >= 11 is 0. The fourth-order valence-corrected chi connectivity index (χ4v) is 2.11. The third-order valence-corrected chi connectivity index (χ3v) is 3.20. The van der Waals surface area contributed by atoms with Gasteiger partial charge in [-0.25, -0.2) is 0 Å². The van der Waals surface area contributed by atoms with Crippen molar-refractivity contribution in [1.29, 1.82) is 0 Å². The second-order valence-electron chi connectivity index (χ2n) is 4.73. The molecule has 0 aliphatic heterocycles. The smallest absolute Gasteiger partial charge is 0.0738 e. The molecule has 19 heavy (non-hydrogen) atoms. The molecule has 0 saturated carbocycles. The van der Waals surface area contributed by atoms with E-state index in [1.54, 1.807) is 0 Å². The Hall–Kier alpha value is -1.32. The maximum absolute atomic E-state index is 5.65. The summed E-state index contributed by atoms with van der Waals surface area (Å²) in [6.07, 6.45) is 5.66. The van der Waals surface area contributed by atoms with Crippen molar-refractivity contribution in [3.8, 4) is 0 Å². The molecule has 0 saturated heterocycles. The van der Waals surface area contributed by atoms with Crippen molar-refractivity contribution in [3.05, 3.63) is 36.0 Å². The van der Waals surface area contributed by atoms with E-state index >= 15 is 0 Å². The molecule has 2 rings (SSSR count). The molecular formula is C16H23NO2. The van der Waals surface area contributed by atoms with Crippen LogP contribution >= 0.6 is 0 Å². The molecule has 0 unspecified atom stereocenters. The molecular weight excluding hydrogens is 238 g/mol. The zero-order valence-electron chi connectivity index (χ0n) is 11.7. The maximum atomic E-state index is 5.65. The van der Waals surface area contributed by atoms with E-state index in [1.807, 2.05) is 12.3 Å². The maximum Gasteiger partial charge on any atom is 0.0738 e. The van der Waals surface area contributed by atoms with Crippen molar-refractivity contribution in [1.82, 2.24) is 4.98 Å². The molecule has 1 N–H and O–H groups in total. The number of ether oxygens (including phenoxy) is 2. The van der Waals surface area contributed by atoms with Crippen molar-refractivity contribution < 1.29 is 9.47 Å². The van der Waals surface area contributed by atoms with E-state index in [0.717, 1.165) is 18.5 Å². The number of hydrogen-bond donors (Lipinski definition) is 1. The molecule has 0 bridgehead atoms. The SMILES string of the molecule is CCCCCOCCOCc1c[nH]c2ccccc12. The number of para-hydroxylation sites is 1. The quantitative estimate of drug-likeness (QED) is 0.695. The third kappa shape index (κ3) is 4.37. The predicted octanol–water partition coefficient (Wildman–Crippen LogP) is 3.89. The topological polar surface area (TPSA) is 34.2 Å². The first-order valence-electron chi connectivity index (χ1n) is 7.12. The molecule has 1 heterocycles. The Balaban J connectivity index is 1.63. The lowest BCUT2D eigenvalue weighted by Gasteiger charge is -2.05. The molecule has 0 aliphatic carbocycles. The fourth-order valence-electron chi connectivity index (χ4n) is 2.11. The highest BCUT2D eigenvalue weighted by Crippen LogP contribution is 2.18. The Morgan fingerprint density at radius 3 is 2.74 bits per heavy atom. The van der Waals surface area contributed by atoms with Crippen LogP contribution in [-0.4, -0.2) is 24.8 Å². The summed E-state index contributed by atoms with van der Waals surface area (Å²) in [4.78, 5) is 3.25. The molecule has 1 aromatic carbocycles. The lowest BCUT2D eigenvalue weighted by Crippen LogP contribution is -2.05. The van der Waals surface area contributed by atoms with Gasteiger partial charge >= 0.3 is 0 Å². The van der Waals surface area contributed by atoms with E-state index in [9.17, 15) is 0 Å². The summed E-state index contributed by atoms with van der Waals surface area (Å²) in [6.45, 7) is 5.04. The minimum absolute atomic E-state index is 0.641. The number of aromatic nitrogens is 1. The van der Waals surface area contributed by atoms with Gasteiger partial charge in [-0.2, -0.15) is 0 Å².